The van der Waals surface area contributed by atoms with Crippen LogP contribution in [0.5, 0.6) is 0 Å². The number of nitrogens with one attached hydrogen (secondary N) is 1. The van der Waals surface area contributed by atoms with Crippen molar-refractivity contribution in [3.05, 3.63) is 47.2 Å². The van der Waals surface area contributed by atoms with E-state index in [0.29, 0.717) is 19.5 Å². The van der Waals surface area contributed by atoms with Gasteiger partial charge in [-0.25, -0.2) is 4.79 Å². The van der Waals surface area contributed by atoms with Crippen molar-refractivity contribution in [3.63, 3.8) is 0 Å². The van der Waals surface area contributed by atoms with Gasteiger partial charge in [-0.3, -0.25) is 14.5 Å². The van der Waals surface area contributed by atoms with Crippen LogP contribution in [0.15, 0.2) is 36.8 Å². The molecule has 2 aliphatic rings. The van der Waals surface area contributed by atoms with Gasteiger partial charge in [0.15, 0.2) is 0 Å². The Morgan fingerprint density at radius 3 is 2.76 bits per heavy atom. The lowest BCUT2D eigenvalue weighted by Gasteiger charge is -2.31. The van der Waals surface area contributed by atoms with E-state index in [1.807, 2.05) is 11.4 Å². The average molecular weight is 359 g/mol. The van der Waals surface area contributed by atoms with E-state index in [1.54, 1.807) is 23.5 Å². The topological polar surface area (TPSA) is 69.7 Å². The second-order valence-electron chi connectivity index (χ2n) is 6.21. The lowest BCUT2D eigenvalue weighted by atomic mass is 9.80. The third kappa shape index (κ3) is 2.89. The minimum absolute atomic E-state index is 0.270. The van der Waals surface area contributed by atoms with Gasteiger partial charge < -0.3 is 10.2 Å². The summed E-state index contributed by atoms with van der Waals surface area (Å²) in [5.74, 6) is -0.635. The number of hydrogen-bond acceptors (Lipinski definition) is 4. The van der Waals surface area contributed by atoms with Crippen LogP contribution in [-0.4, -0.2) is 47.3 Å². The summed E-state index contributed by atoms with van der Waals surface area (Å²) in [5, 5.41) is 4.80. The van der Waals surface area contributed by atoms with E-state index >= 15 is 0 Å². The van der Waals surface area contributed by atoms with Crippen molar-refractivity contribution in [1.82, 2.24) is 15.1 Å². The first-order valence-corrected chi connectivity index (χ1v) is 9.12. The lowest BCUT2D eigenvalue weighted by molar-refractivity contribution is -0.139. The fraction of sp³-hybridized carbons (Fsp3) is 0.389. The summed E-state index contributed by atoms with van der Waals surface area (Å²) in [6.45, 7) is 7.67. The number of thiophene rings is 1. The highest BCUT2D eigenvalue weighted by molar-refractivity contribution is 7.10. The highest BCUT2D eigenvalue weighted by atomic mass is 32.1. The third-order valence-electron chi connectivity index (χ3n) is 4.68. The van der Waals surface area contributed by atoms with Crippen molar-refractivity contribution >= 4 is 29.2 Å². The zero-order chi connectivity index (χ0) is 18.0. The fourth-order valence-corrected chi connectivity index (χ4v) is 4.51. The summed E-state index contributed by atoms with van der Waals surface area (Å²) in [6.07, 6.45) is 5.53. The molecule has 132 valence electrons. The summed E-state index contributed by atoms with van der Waals surface area (Å²) in [5.41, 5.74) is -0.127. The molecular formula is C18H21N3O3S. The molecule has 1 atom stereocenters. The number of hydrogen-bond donors (Lipinski definition) is 1. The molecule has 1 fully saturated rings. The molecule has 0 saturated carbocycles. The zero-order valence-corrected chi connectivity index (χ0v) is 14.8. The zero-order valence-electron chi connectivity index (χ0n) is 14.0. The Bertz CT molecular complexity index is 732. The minimum atomic E-state index is -1.01. The van der Waals surface area contributed by atoms with E-state index in [1.165, 1.54) is 4.90 Å². The van der Waals surface area contributed by atoms with Gasteiger partial charge in [0.25, 0.3) is 5.91 Å². The van der Waals surface area contributed by atoms with Crippen LogP contribution in [0.1, 0.15) is 23.3 Å². The van der Waals surface area contributed by atoms with Crippen LogP contribution in [0.2, 0.25) is 0 Å². The summed E-state index contributed by atoms with van der Waals surface area (Å²) >= 11 is 1.60. The van der Waals surface area contributed by atoms with Crippen molar-refractivity contribution in [1.29, 1.82) is 0 Å². The largest absolute Gasteiger partial charge is 0.334 e. The first kappa shape index (κ1) is 17.4. The van der Waals surface area contributed by atoms with Gasteiger partial charge >= 0.3 is 6.03 Å². The maximum absolute atomic E-state index is 13.1. The van der Waals surface area contributed by atoms with E-state index < -0.39 is 11.6 Å². The van der Waals surface area contributed by atoms with E-state index in [-0.39, 0.29) is 18.4 Å². The number of amides is 4. The maximum Gasteiger partial charge on any atom is 0.325 e. The Morgan fingerprint density at radius 2 is 2.08 bits per heavy atom. The molecule has 4 amide bonds. The Labute approximate surface area is 150 Å². The molecule has 1 aliphatic carbocycles. The number of rotatable bonds is 6. The number of carbonyl (C=O) groups is 3. The number of urea groups is 1. The molecular weight excluding hydrogens is 338 g/mol. The second kappa shape index (κ2) is 6.84. The summed E-state index contributed by atoms with van der Waals surface area (Å²) in [4.78, 5) is 41.7. The van der Waals surface area contributed by atoms with Gasteiger partial charge in [-0.05, 0) is 30.7 Å². The lowest BCUT2D eigenvalue weighted by Crippen LogP contribution is -2.47. The van der Waals surface area contributed by atoms with Gasteiger partial charge in [0.2, 0.25) is 5.91 Å². The van der Waals surface area contributed by atoms with E-state index in [4.69, 9.17) is 0 Å². The quantitative estimate of drug-likeness (QED) is 0.624. The van der Waals surface area contributed by atoms with E-state index in [9.17, 15) is 14.4 Å². The number of nitrogens with zero attached hydrogens (tertiary/aromatic N) is 2. The Kier molecular flexibility index (Phi) is 4.76. The molecule has 1 aromatic heterocycles. The normalized spacial score (nSPS) is 21.8. The molecule has 1 saturated heterocycles. The van der Waals surface area contributed by atoms with Crippen LogP contribution in [0.4, 0.5) is 4.79 Å². The predicted octanol–water partition coefficient (Wildman–Crippen LogP) is 2.03. The SMILES string of the molecule is C=CCN(CC=C)C(=O)CN1C(=O)N[C@@]2(CCCc3sccc32)C1=O. The predicted molar refractivity (Wildman–Crippen MR) is 96.2 cm³/mol. The molecule has 0 unspecified atom stereocenters. The Hall–Kier alpha value is -2.41. The first-order chi connectivity index (χ1) is 12.0. The summed E-state index contributed by atoms with van der Waals surface area (Å²) in [7, 11) is 0. The molecule has 1 N–H and O–H groups in total. The molecule has 1 aliphatic heterocycles. The van der Waals surface area contributed by atoms with Crippen LogP contribution in [0.3, 0.4) is 0 Å². The molecule has 0 bridgehead atoms. The number of aryl methyl sites for hydroxylation is 1. The van der Waals surface area contributed by atoms with E-state index in [2.05, 4.69) is 18.5 Å². The first-order valence-electron chi connectivity index (χ1n) is 8.24. The smallest absolute Gasteiger partial charge is 0.325 e. The summed E-state index contributed by atoms with van der Waals surface area (Å²) < 4.78 is 0. The van der Waals surface area contributed by atoms with Crippen molar-refractivity contribution in [2.24, 2.45) is 0 Å². The van der Waals surface area contributed by atoms with Crippen molar-refractivity contribution in [2.45, 2.75) is 24.8 Å². The van der Waals surface area contributed by atoms with Gasteiger partial charge in [0.1, 0.15) is 12.1 Å². The van der Waals surface area contributed by atoms with Crippen LogP contribution in [0.25, 0.3) is 0 Å². The second-order valence-corrected chi connectivity index (χ2v) is 7.21. The molecule has 3 rings (SSSR count). The van der Waals surface area contributed by atoms with Crippen LogP contribution in [-0.2, 0) is 21.5 Å². The molecule has 25 heavy (non-hydrogen) atoms. The molecule has 6 nitrogen and oxygen atoms in total. The fourth-order valence-electron chi connectivity index (χ4n) is 3.51. The van der Waals surface area contributed by atoms with Gasteiger partial charge in [-0.15, -0.1) is 24.5 Å². The number of fused-ring (bicyclic) bond motifs is 2. The molecule has 0 aromatic carbocycles. The highest BCUT2D eigenvalue weighted by Gasteiger charge is 2.54. The number of carbonyl (C=O) groups excluding carboxylic acids is 3. The third-order valence-corrected chi connectivity index (χ3v) is 5.66. The van der Waals surface area contributed by atoms with Gasteiger partial charge in [0.05, 0.1) is 0 Å². The molecule has 7 heteroatoms. The molecule has 1 spiro atoms. The average Bonchev–Trinajstić information content (AvgIpc) is 3.15. The van der Waals surface area contributed by atoms with Gasteiger partial charge in [-0.1, -0.05) is 12.2 Å². The van der Waals surface area contributed by atoms with Crippen molar-refractivity contribution < 1.29 is 14.4 Å². The van der Waals surface area contributed by atoms with Gasteiger partial charge in [0, 0.05) is 23.5 Å². The minimum Gasteiger partial charge on any atom is -0.334 e. The standard InChI is InChI=1S/C18H21N3O3S/c1-3-9-20(10-4-2)15(22)12-21-16(23)18(19-17(21)24)8-5-6-14-13(18)7-11-25-14/h3-4,7,11H,1-2,5-6,8-10,12H2,(H,19,24)/t18-/m1/s1. The summed E-state index contributed by atoms with van der Waals surface area (Å²) in [6, 6.07) is 1.40. The van der Waals surface area contributed by atoms with E-state index in [0.717, 1.165) is 28.2 Å². The maximum atomic E-state index is 13.1. The van der Waals surface area contributed by atoms with Crippen molar-refractivity contribution in [3.8, 4) is 0 Å². The molecule has 2 heterocycles. The van der Waals surface area contributed by atoms with Crippen molar-refractivity contribution in [2.75, 3.05) is 19.6 Å². The highest BCUT2D eigenvalue weighted by Crippen LogP contribution is 2.42. The van der Waals surface area contributed by atoms with Crippen LogP contribution in [0, 0.1) is 0 Å². The Morgan fingerprint density at radius 1 is 1.36 bits per heavy atom. The monoisotopic (exact) mass is 359 g/mol. The Balaban J connectivity index is 1.82. The number of imide groups is 1. The van der Waals surface area contributed by atoms with Crippen LogP contribution < -0.4 is 5.32 Å². The molecule has 0 radical (unpaired) electrons. The van der Waals surface area contributed by atoms with Crippen LogP contribution >= 0.6 is 11.3 Å². The van der Waals surface area contributed by atoms with Gasteiger partial charge in [-0.2, -0.15) is 0 Å². The molecule has 1 aromatic rings.